The highest BCUT2D eigenvalue weighted by Gasteiger charge is 2.48. The SMILES string of the molecule is CC(C)(C)OC(=O)N1CC[C@H](c2ccc3c(c2)CN(C2CCC(=O)NC2=O)C3=O)C(F)(F)C1. The van der Waals surface area contributed by atoms with Crippen molar-refractivity contribution >= 4 is 23.8 Å². The van der Waals surface area contributed by atoms with Crippen LogP contribution < -0.4 is 5.32 Å². The van der Waals surface area contributed by atoms with Crippen LogP contribution in [-0.2, 0) is 20.9 Å². The summed E-state index contributed by atoms with van der Waals surface area (Å²) >= 11 is 0. The number of carbonyl (C=O) groups is 4. The average Bonchev–Trinajstić information content (AvgIpc) is 3.01. The van der Waals surface area contributed by atoms with Crippen LogP contribution in [0.5, 0.6) is 0 Å². The van der Waals surface area contributed by atoms with Gasteiger partial charge in [-0.2, -0.15) is 0 Å². The number of imide groups is 1. The fourth-order valence-corrected chi connectivity index (χ4v) is 4.64. The molecule has 0 radical (unpaired) electrons. The highest BCUT2D eigenvalue weighted by atomic mass is 19.3. The Hall–Kier alpha value is -3.04. The van der Waals surface area contributed by atoms with Crippen LogP contribution in [0, 0.1) is 0 Å². The molecule has 2 atom stereocenters. The number of nitrogens with one attached hydrogen (secondary N) is 1. The molecule has 10 heteroatoms. The zero-order chi connectivity index (χ0) is 24.1. The van der Waals surface area contributed by atoms with E-state index >= 15 is 8.78 Å². The summed E-state index contributed by atoms with van der Waals surface area (Å²) in [6, 6.07) is 3.88. The van der Waals surface area contributed by atoms with Crippen LogP contribution in [0.1, 0.15) is 67.4 Å². The fourth-order valence-electron chi connectivity index (χ4n) is 4.64. The molecule has 0 aromatic heterocycles. The molecule has 3 heterocycles. The number of carbonyl (C=O) groups excluding carboxylic acids is 4. The van der Waals surface area contributed by atoms with Gasteiger partial charge in [0.05, 0.1) is 12.5 Å². The first-order chi connectivity index (χ1) is 15.4. The number of ether oxygens (including phenoxy) is 1. The van der Waals surface area contributed by atoms with E-state index in [0.717, 1.165) is 4.90 Å². The highest BCUT2D eigenvalue weighted by Crippen LogP contribution is 2.42. The molecule has 0 bridgehead atoms. The first kappa shape index (κ1) is 23.1. The number of amides is 4. The summed E-state index contributed by atoms with van der Waals surface area (Å²) in [5, 5.41) is 2.24. The number of nitrogens with zero attached hydrogens (tertiary/aromatic N) is 2. The van der Waals surface area contributed by atoms with Gasteiger partial charge in [-0.15, -0.1) is 0 Å². The van der Waals surface area contributed by atoms with E-state index in [1.165, 1.54) is 17.0 Å². The summed E-state index contributed by atoms with van der Waals surface area (Å²) in [5.41, 5.74) is 0.565. The Labute approximate surface area is 190 Å². The lowest BCUT2D eigenvalue weighted by Crippen LogP contribution is -2.52. The quantitative estimate of drug-likeness (QED) is 0.681. The van der Waals surface area contributed by atoms with Crippen LogP contribution in [0.25, 0.3) is 0 Å². The topological polar surface area (TPSA) is 96.0 Å². The Balaban J connectivity index is 1.49. The lowest BCUT2D eigenvalue weighted by Gasteiger charge is -2.39. The van der Waals surface area contributed by atoms with Gasteiger partial charge < -0.3 is 14.5 Å². The molecule has 1 aromatic carbocycles. The molecule has 0 aliphatic carbocycles. The normalized spacial score (nSPS) is 25.1. The van der Waals surface area contributed by atoms with Crippen LogP contribution in [0.4, 0.5) is 13.6 Å². The van der Waals surface area contributed by atoms with Gasteiger partial charge in [0.15, 0.2) is 0 Å². The van der Waals surface area contributed by atoms with Crippen molar-refractivity contribution in [1.29, 1.82) is 0 Å². The van der Waals surface area contributed by atoms with E-state index in [0.29, 0.717) is 16.7 Å². The largest absolute Gasteiger partial charge is 0.444 e. The van der Waals surface area contributed by atoms with Gasteiger partial charge in [0.1, 0.15) is 11.6 Å². The van der Waals surface area contributed by atoms with Crippen LogP contribution >= 0.6 is 0 Å². The second-order valence-electron chi connectivity index (χ2n) is 9.82. The number of piperidine rings is 2. The van der Waals surface area contributed by atoms with E-state index in [4.69, 9.17) is 4.74 Å². The van der Waals surface area contributed by atoms with E-state index in [1.807, 2.05) is 0 Å². The Bertz CT molecular complexity index is 1020. The lowest BCUT2D eigenvalue weighted by atomic mass is 9.85. The van der Waals surface area contributed by atoms with Crippen molar-refractivity contribution in [2.45, 2.75) is 70.1 Å². The number of fused-ring (bicyclic) bond motifs is 1. The van der Waals surface area contributed by atoms with Crippen molar-refractivity contribution in [2.75, 3.05) is 13.1 Å². The minimum atomic E-state index is -3.17. The molecule has 1 N–H and O–H groups in total. The standard InChI is InChI=1S/C23H27F2N3O5/c1-22(2,3)33-21(32)27-9-8-16(23(24,25)12-27)13-4-5-15-14(10-13)11-28(20(15)31)17-6-7-18(29)26-19(17)30/h4-5,10,16-17H,6-9,11-12H2,1-3H3,(H,26,29,30)/t16-,17?/m1/s1. The van der Waals surface area contributed by atoms with Crippen molar-refractivity contribution in [3.8, 4) is 0 Å². The molecule has 4 rings (SSSR count). The maximum Gasteiger partial charge on any atom is 0.410 e. The Morgan fingerprint density at radius 1 is 1.18 bits per heavy atom. The predicted molar refractivity (Wildman–Crippen MR) is 113 cm³/mol. The van der Waals surface area contributed by atoms with Gasteiger partial charge in [-0.3, -0.25) is 19.7 Å². The summed E-state index contributed by atoms with van der Waals surface area (Å²) < 4.78 is 35.4. The molecule has 33 heavy (non-hydrogen) atoms. The van der Waals surface area contributed by atoms with Crippen molar-refractivity contribution in [3.05, 3.63) is 34.9 Å². The second-order valence-corrected chi connectivity index (χ2v) is 9.82. The summed E-state index contributed by atoms with van der Waals surface area (Å²) in [6.07, 6.45) is -0.335. The minimum Gasteiger partial charge on any atom is -0.444 e. The molecule has 3 aliphatic heterocycles. The summed E-state index contributed by atoms with van der Waals surface area (Å²) in [4.78, 5) is 51.1. The molecule has 8 nitrogen and oxygen atoms in total. The fraction of sp³-hybridized carbons (Fsp3) is 0.565. The van der Waals surface area contributed by atoms with Gasteiger partial charge >= 0.3 is 6.09 Å². The third-order valence-electron chi connectivity index (χ3n) is 6.20. The first-order valence-corrected chi connectivity index (χ1v) is 11.0. The number of hydrogen-bond acceptors (Lipinski definition) is 5. The molecular formula is C23H27F2N3O5. The van der Waals surface area contributed by atoms with Crippen LogP contribution in [0.15, 0.2) is 18.2 Å². The molecule has 178 valence electrons. The van der Waals surface area contributed by atoms with Gasteiger partial charge in [-0.1, -0.05) is 12.1 Å². The van der Waals surface area contributed by atoms with E-state index in [1.54, 1.807) is 26.8 Å². The number of hydrogen-bond donors (Lipinski definition) is 1. The van der Waals surface area contributed by atoms with Gasteiger partial charge in [0.25, 0.3) is 11.8 Å². The van der Waals surface area contributed by atoms with Crippen molar-refractivity contribution in [1.82, 2.24) is 15.1 Å². The van der Waals surface area contributed by atoms with Gasteiger partial charge in [-0.25, -0.2) is 13.6 Å². The number of benzene rings is 1. The lowest BCUT2D eigenvalue weighted by molar-refractivity contribution is -0.136. The van der Waals surface area contributed by atoms with Gasteiger partial charge in [0, 0.05) is 25.1 Å². The first-order valence-electron chi connectivity index (χ1n) is 11.0. The molecule has 2 fully saturated rings. The Morgan fingerprint density at radius 2 is 1.91 bits per heavy atom. The third kappa shape index (κ3) is 4.56. The highest BCUT2D eigenvalue weighted by molar-refractivity contribution is 6.05. The maximum atomic E-state index is 15.1. The van der Waals surface area contributed by atoms with Crippen LogP contribution in [-0.4, -0.2) is 64.3 Å². The summed E-state index contributed by atoms with van der Waals surface area (Å²) in [5.74, 6) is -5.52. The van der Waals surface area contributed by atoms with Crippen molar-refractivity contribution < 1.29 is 32.7 Å². The molecule has 2 saturated heterocycles. The number of rotatable bonds is 2. The third-order valence-corrected chi connectivity index (χ3v) is 6.20. The minimum absolute atomic E-state index is 0.0514. The van der Waals surface area contributed by atoms with E-state index < -0.39 is 42.0 Å². The molecule has 4 amide bonds. The van der Waals surface area contributed by atoms with E-state index in [9.17, 15) is 19.2 Å². The maximum absolute atomic E-state index is 15.1. The molecule has 3 aliphatic rings. The zero-order valence-electron chi connectivity index (χ0n) is 18.8. The summed E-state index contributed by atoms with van der Waals surface area (Å²) in [6.45, 7) is 4.55. The van der Waals surface area contributed by atoms with Crippen LogP contribution in [0.3, 0.4) is 0 Å². The zero-order valence-corrected chi connectivity index (χ0v) is 18.8. The number of alkyl halides is 2. The monoisotopic (exact) mass is 463 g/mol. The van der Waals surface area contributed by atoms with Crippen molar-refractivity contribution in [2.24, 2.45) is 0 Å². The van der Waals surface area contributed by atoms with Gasteiger partial charge in [-0.05, 0) is 50.8 Å². The molecule has 0 saturated carbocycles. The van der Waals surface area contributed by atoms with Crippen molar-refractivity contribution in [3.63, 3.8) is 0 Å². The molecule has 0 spiro atoms. The summed E-state index contributed by atoms with van der Waals surface area (Å²) in [7, 11) is 0. The Morgan fingerprint density at radius 3 is 2.55 bits per heavy atom. The number of halogens is 2. The number of likely N-dealkylation sites (tertiary alicyclic amines) is 1. The predicted octanol–water partition coefficient (Wildman–Crippen LogP) is 2.81. The van der Waals surface area contributed by atoms with Crippen LogP contribution in [0.2, 0.25) is 0 Å². The molecule has 1 unspecified atom stereocenters. The van der Waals surface area contributed by atoms with Gasteiger partial charge in [0.2, 0.25) is 11.8 Å². The van der Waals surface area contributed by atoms with E-state index in [2.05, 4.69) is 5.32 Å². The second kappa shape index (κ2) is 8.07. The molecule has 1 aromatic rings. The Kier molecular flexibility index (Phi) is 5.66. The smallest absolute Gasteiger partial charge is 0.410 e. The van der Waals surface area contributed by atoms with E-state index in [-0.39, 0.29) is 44.2 Å². The molecular weight excluding hydrogens is 436 g/mol. The average molecular weight is 463 g/mol.